The van der Waals surface area contributed by atoms with Crippen molar-refractivity contribution >= 4 is 34.3 Å². The molecule has 3 aliphatic carbocycles. The van der Waals surface area contributed by atoms with Crippen LogP contribution in [0.25, 0.3) is 45.2 Å². The van der Waals surface area contributed by atoms with Gasteiger partial charge in [0.05, 0.1) is 0 Å². The molecule has 6 aromatic carbocycles. The molecule has 0 fully saturated rings. The molecule has 4 aliphatic rings. The van der Waals surface area contributed by atoms with Crippen molar-refractivity contribution in [2.45, 2.75) is 69.2 Å². The van der Waals surface area contributed by atoms with Crippen LogP contribution in [-0.4, -0.2) is 6.04 Å². The second kappa shape index (κ2) is 12.0. The van der Waals surface area contributed by atoms with Gasteiger partial charge in [0.25, 0.3) is 0 Å². The van der Waals surface area contributed by atoms with E-state index < -0.39 is 0 Å². The Labute approximate surface area is 295 Å². The summed E-state index contributed by atoms with van der Waals surface area (Å²) >= 11 is 0. The van der Waals surface area contributed by atoms with Crippen molar-refractivity contribution in [3.63, 3.8) is 0 Å². The maximum Gasteiger partial charge on any atom is 0.0453 e. The number of nitrogens with zero attached hydrogens (tertiary/aromatic N) is 1. The van der Waals surface area contributed by atoms with Crippen LogP contribution in [-0.2, 0) is 6.42 Å². The lowest BCUT2D eigenvalue weighted by Crippen LogP contribution is -2.36. The summed E-state index contributed by atoms with van der Waals surface area (Å²) in [6.07, 6.45) is 17.3. The van der Waals surface area contributed by atoms with Crippen LogP contribution >= 0.6 is 0 Å². The third-order valence-electron chi connectivity index (χ3n) is 12.2. The number of aryl methyl sites for hydroxylation is 1. The van der Waals surface area contributed by atoms with Gasteiger partial charge in [-0.25, -0.2) is 0 Å². The molecule has 6 aromatic rings. The van der Waals surface area contributed by atoms with Gasteiger partial charge in [0.15, 0.2) is 0 Å². The number of hydrogen-bond acceptors (Lipinski definition) is 1. The second-order valence-electron chi connectivity index (χ2n) is 15.1. The van der Waals surface area contributed by atoms with Gasteiger partial charge in [-0.3, -0.25) is 0 Å². The first-order valence-electron chi connectivity index (χ1n) is 18.8. The molecule has 4 unspecified atom stereocenters. The zero-order chi connectivity index (χ0) is 33.2. The van der Waals surface area contributed by atoms with E-state index in [-0.39, 0.29) is 0 Å². The van der Waals surface area contributed by atoms with Gasteiger partial charge in [-0.1, -0.05) is 128 Å². The highest BCUT2D eigenvalue weighted by Crippen LogP contribution is 2.51. The molecule has 0 saturated carbocycles. The molecule has 0 N–H and O–H groups in total. The lowest BCUT2D eigenvalue weighted by molar-refractivity contribution is 0.565. The molecule has 0 saturated heterocycles. The van der Waals surface area contributed by atoms with Crippen LogP contribution < -0.4 is 15.3 Å². The summed E-state index contributed by atoms with van der Waals surface area (Å²) in [5, 5.41) is 5.90. The fourth-order valence-electron chi connectivity index (χ4n) is 9.85. The molecule has 0 radical (unpaired) electrons. The maximum atomic E-state index is 2.68. The van der Waals surface area contributed by atoms with Gasteiger partial charge >= 0.3 is 0 Å². The Morgan fingerprint density at radius 3 is 2.14 bits per heavy atom. The van der Waals surface area contributed by atoms with E-state index in [4.69, 9.17) is 0 Å². The molecule has 1 heterocycles. The van der Waals surface area contributed by atoms with E-state index in [9.17, 15) is 0 Å². The maximum absolute atomic E-state index is 2.68. The number of allylic oxidation sites excluding steroid dienone is 1. The predicted octanol–water partition coefficient (Wildman–Crippen LogP) is 11.3. The predicted molar refractivity (Wildman–Crippen MR) is 212 cm³/mol. The summed E-state index contributed by atoms with van der Waals surface area (Å²) in [5.74, 6) is 1.40. The minimum atomic E-state index is 0.374. The van der Waals surface area contributed by atoms with Gasteiger partial charge in [0.2, 0.25) is 0 Å². The Balaban J connectivity index is 1.10. The van der Waals surface area contributed by atoms with Crippen molar-refractivity contribution < 1.29 is 0 Å². The number of benzene rings is 6. The quantitative estimate of drug-likeness (QED) is 0.172. The first kappa shape index (κ1) is 29.7. The second-order valence-corrected chi connectivity index (χ2v) is 15.1. The third-order valence-corrected chi connectivity index (χ3v) is 12.2. The summed E-state index contributed by atoms with van der Waals surface area (Å²) in [6, 6.07) is 46.0. The zero-order valence-electron chi connectivity index (χ0n) is 28.9. The Morgan fingerprint density at radius 2 is 1.38 bits per heavy atom. The fraction of sp³-hybridized carbons (Fsp3) is 0.224. The smallest absolute Gasteiger partial charge is 0.0453 e. The number of hydrogen-bond donors (Lipinski definition) is 0. The molecule has 1 nitrogen and oxygen atoms in total. The van der Waals surface area contributed by atoms with E-state index in [0.29, 0.717) is 23.8 Å². The van der Waals surface area contributed by atoms with Crippen molar-refractivity contribution in [1.29, 1.82) is 0 Å². The normalized spacial score (nSPS) is 21.8. The molecule has 1 aliphatic heterocycles. The third kappa shape index (κ3) is 4.82. The van der Waals surface area contributed by atoms with E-state index in [0.717, 1.165) is 19.3 Å². The molecular weight excluding hydrogens is 603 g/mol. The van der Waals surface area contributed by atoms with Crippen LogP contribution in [0.3, 0.4) is 0 Å². The van der Waals surface area contributed by atoms with E-state index in [1.807, 2.05) is 0 Å². The molecule has 0 spiro atoms. The first-order chi connectivity index (χ1) is 24.7. The van der Waals surface area contributed by atoms with Crippen LogP contribution in [0.2, 0.25) is 0 Å². The van der Waals surface area contributed by atoms with Gasteiger partial charge in [0.1, 0.15) is 0 Å². The average molecular weight is 646 g/mol. The fourth-order valence-corrected chi connectivity index (χ4v) is 9.85. The summed E-state index contributed by atoms with van der Waals surface area (Å²) < 4.78 is 0. The molecular formula is C49H43N. The molecule has 0 bridgehead atoms. The van der Waals surface area contributed by atoms with E-state index >= 15 is 0 Å². The highest BCUT2D eigenvalue weighted by Gasteiger charge is 2.39. The van der Waals surface area contributed by atoms with Crippen molar-refractivity contribution in [2.75, 3.05) is 4.90 Å². The van der Waals surface area contributed by atoms with Crippen LogP contribution in [0.15, 0.2) is 133 Å². The van der Waals surface area contributed by atoms with Crippen molar-refractivity contribution in [3.05, 3.63) is 166 Å². The lowest BCUT2D eigenvalue weighted by atomic mass is 9.77. The molecule has 0 amide bonds. The summed E-state index contributed by atoms with van der Waals surface area (Å²) in [5.41, 5.74) is 13.9. The molecule has 244 valence electrons. The van der Waals surface area contributed by atoms with Gasteiger partial charge < -0.3 is 4.90 Å². The minimum Gasteiger partial charge on any atom is -0.337 e. The van der Waals surface area contributed by atoms with Crippen molar-refractivity contribution in [1.82, 2.24) is 0 Å². The summed E-state index contributed by atoms with van der Waals surface area (Å²) in [6.45, 7) is 2.45. The molecule has 1 heteroatoms. The minimum absolute atomic E-state index is 0.374. The molecule has 10 rings (SSSR count). The van der Waals surface area contributed by atoms with E-state index in [2.05, 4.69) is 157 Å². The first-order valence-corrected chi connectivity index (χ1v) is 18.8. The van der Waals surface area contributed by atoms with Crippen molar-refractivity contribution in [2.24, 2.45) is 0 Å². The molecule has 4 atom stereocenters. The van der Waals surface area contributed by atoms with Crippen molar-refractivity contribution in [3.8, 4) is 22.3 Å². The van der Waals surface area contributed by atoms with Crippen LogP contribution in [0, 0.1) is 0 Å². The highest BCUT2D eigenvalue weighted by atomic mass is 15.2. The largest absolute Gasteiger partial charge is 0.337 e. The Kier molecular flexibility index (Phi) is 7.15. The summed E-state index contributed by atoms with van der Waals surface area (Å²) in [4.78, 5) is 2.68. The standard InChI is InChI=1S/C49H43N/c1-32-13-12-21-43-40-18-8-9-19-41(40)45-30-35(23-25-44(45)49(32)43)36-24-26-48-46(31-36)42-20-10-11-22-47(42)50(48)39-28-37(33-14-4-2-5-15-33)27-38(29-39)34-16-6-3-7-17-34/h2-10,14-20,24-32,35,42,47H,11-13,21-23H2,1H3. The monoisotopic (exact) mass is 645 g/mol. The lowest BCUT2D eigenvalue weighted by Gasteiger charge is -2.32. The van der Waals surface area contributed by atoms with Gasteiger partial charge in [-0.15, -0.1) is 0 Å². The van der Waals surface area contributed by atoms with E-state index in [1.54, 1.807) is 11.1 Å². The Bertz CT molecular complexity index is 2360. The highest BCUT2D eigenvalue weighted by molar-refractivity contribution is 5.90. The number of rotatable bonds is 4. The Hall–Kier alpha value is -5.14. The van der Waals surface area contributed by atoms with Gasteiger partial charge in [-0.2, -0.15) is 0 Å². The van der Waals surface area contributed by atoms with Crippen LogP contribution in [0.1, 0.15) is 79.0 Å². The molecule has 0 aromatic heterocycles. The van der Waals surface area contributed by atoms with Crippen LogP contribution in [0.5, 0.6) is 0 Å². The Morgan fingerprint density at radius 1 is 0.660 bits per heavy atom. The van der Waals surface area contributed by atoms with Crippen LogP contribution in [0.4, 0.5) is 11.4 Å². The van der Waals surface area contributed by atoms with Gasteiger partial charge in [0, 0.05) is 29.3 Å². The SMILES string of the molecule is CC1CCCc2c1c1c(c3ccccc23)=CC(c2ccc3c(c2)C2C=CCCC2N3c2cc(-c3ccccc3)cc(-c3ccccc3)c2)CC=1. The summed E-state index contributed by atoms with van der Waals surface area (Å²) in [7, 11) is 0. The van der Waals surface area contributed by atoms with Gasteiger partial charge in [-0.05, 0) is 134 Å². The average Bonchev–Trinajstić information content (AvgIpc) is 3.52. The van der Waals surface area contributed by atoms with E-state index in [1.165, 1.54) is 85.2 Å². The number of anilines is 2. The molecule has 50 heavy (non-hydrogen) atoms. The zero-order valence-corrected chi connectivity index (χ0v) is 28.9. The number of fused-ring (bicyclic) bond motifs is 9. The topological polar surface area (TPSA) is 3.24 Å².